The second-order valence-corrected chi connectivity index (χ2v) is 6.14. The molecule has 0 bridgehead atoms. The lowest BCUT2D eigenvalue weighted by Crippen LogP contribution is -2.38. The lowest BCUT2D eigenvalue weighted by Gasteiger charge is -2.33. The second kappa shape index (κ2) is 7.29. The quantitative estimate of drug-likeness (QED) is 0.848. The zero-order chi connectivity index (χ0) is 16.2. The van der Waals surface area contributed by atoms with Gasteiger partial charge in [-0.2, -0.15) is 5.10 Å². The smallest absolute Gasteiger partial charge is 0.131 e. The fourth-order valence-corrected chi connectivity index (χ4v) is 3.04. The number of pyridine rings is 1. The molecule has 0 saturated carbocycles. The molecule has 0 radical (unpaired) electrons. The Morgan fingerprint density at radius 3 is 3.09 bits per heavy atom. The second-order valence-electron chi connectivity index (χ2n) is 5.75. The topological polar surface area (TPSA) is 63.4 Å². The fraction of sp³-hybridized carbons (Fsp3) is 0.500. The predicted molar refractivity (Wildman–Crippen MR) is 89.8 cm³/mol. The number of aliphatic hydroxyl groups is 1. The fourth-order valence-electron chi connectivity index (χ4n) is 2.89. The standard InChI is InChI=1S/C16H21ClN4O2/c1-23-6-5-21-10-12(8-19-21)14-9-18-16(17)7-15(14)20-4-2-3-13(22)11-20/h7-10,13,22H,2-6,11H2,1H3/t13-/m0/s1. The first-order valence-corrected chi connectivity index (χ1v) is 8.15. The molecule has 0 unspecified atom stereocenters. The molecule has 124 valence electrons. The van der Waals surface area contributed by atoms with Crippen LogP contribution >= 0.6 is 11.6 Å². The first-order valence-electron chi connectivity index (χ1n) is 7.77. The number of hydrogen-bond acceptors (Lipinski definition) is 5. The number of piperidine rings is 1. The Morgan fingerprint density at radius 1 is 1.43 bits per heavy atom. The number of methoxy groups -OCH3 is 1. The van der Waals surface area contributed by atoms with Gasteiger partial charge in [-0.3, -0.25) is 4.68 Å². The van der Waals surface area contributed by atoms with E-state index in [2.05, 4.69) is 15.0 Å². The molecule has 0 aromatic carbocycles. The van der Waals surface area contributed by atoms with E-state index in [-0.39, 0.29) is 6.10 Å². The number of aliphatic hydroxyl groups excluding tert-OH is 1. The molecular formula is C16H21ClN4O2. The van der Waals surface area contributed by atoms with Gasteiger partial charge in [-0.15, -0.1) is 0 Å². The van der Waals surface area contributed by atoms with Gasteiger partial charge in [-0.1, -0.05) is 11.6 Å². The molecule has 3 rings (SSSR count). The number of halogens is 1. The van der Waals surface area contributed by atoms with Crippen LogP contribution < -0.4 is 4.90 Å². The summed E-state index contributed by atoms with van der Waals surface area (Å²) in [7, 11) is 1.67. The summed E-state index contributed by atoms with van der Waals surface area (Å²) in [5.74, 6) is 0. The van der Waals surface area contributed by atoms with Gasteiger partial charge in [0, 0.05) is 49.4 Å². The third-order valence-corrected chi connectivity index (χ3v) is 4.26. The van der Waals surface area contributed by atoms with Gasteiger partial charge < -0.3 is 14.7 Å². The third kappa shape index (κ3) is 3.83. The van der Waals surface area contributed by atoms with Crippen molar-refractivity contribution in [3.63, 3.8) is 0 Å². The molecule has 7 heteroatoms. The summed E-state index contributed by atoms with van der Waals surface area (Å²) in [5.41, 5.74) is 2.96. The van der Waals surface area contributed by atoms with Crippen molar-refractivity contribution in [2.45, 2.75) is 25.5 Å². The Morgan fingerprint density at radius 2 is 2.30 bits per heavy atom. The minimum absolute atomic E-state index is 0.298. The van der Waals surface area contributed by atoms with Gasteiger partial charge in [0.25, 0.3) is 0 Å². The maximum absolute atomic E-state index is 9.95. The average Bonchev–Trinajstić information content (AvgIpc) is 3.01. The zero-order valence-electron chi connectivity index (χ0n) is 13.2. The summed E-state index contributed by atoms with van der Waals surface area (Å²) in [5, 5.41) is 14.8. The molecule has 0 spiro atoms. The van der Waals surface area contributed by atoms with E-state index in [1.54, 1.807) is 13.3 Å². The monoisotopic (exact) mass is 336 g/mol. The van der Waals surface area contributed by atoms with Crippen molar-refractivity contribution in [3.05, 3.63) is 29.8 Å². The summed E-state index contributed by atoms with van der Waals surface area (Å²) >= 11 is 6.10. The predicted octanol–water partition coefficient (Wildman–Crippen LogP) is 2.21. The lowest BCUT2D eigenvalue weighted by atomic mass is 10.0. The molecule has 3 heterocycles. The van der Waals surface area contributed by atoms with E-state index in [1.165, 1.54) is 0 Å². The first-order chi connectivity index (χ1) is 11.2. The highest BCUT2D eigenvalue weighted by atomic mass is 35.5. The highest BCUT2D eigenvalue weighted by molar-refractivity contribution is 6.29. The van der Waals surface area contributed by atoms with Crippen LogP contribution in [0.2, 0.25) is 5.15 Å². The number of rotatable bonds is 5. The van der Waals surface area contributed by atoms with E-state index >= 15 is 0 Å². The molecule has 1 aliphatic rings. The molecule has 1 aliphatic heterocycles. The number of aromatic nitrogens is 3. The van der Waals surface area contributed by atoms with Crippen molar-refractivity contribution in [2.75, 3.05) is 31.7 Å². The molecule has 2 aromatic rings. The molecular weight excluding hydrogens is 316 g/mol. The Balaban J connectivity index is 1.90. The maximum atomic E-state index is 9.95. The molecule has 1 fully saturated rings. The van der Waals surface area contributed by atoms with E-state index in [0.29, 0.717) is 24.8 Å². The molecule has 2 aromatic heterocycles. The van der Waals surface area contributed by atoms with E-state index in [9.17, 15) is 5.11 Å². The van der Waals surface area contributed by atoms with Crippen LogP contribution in [-0.4, -0.2) is 52.8 Å². The normalized spacial score (nSPS) is 18.4. The van der Waals surface area contributed by atoms with Crippen LogP contribution in [0.3, 0.4) is 0 Å². The van der Waals surface area contributed by atoms with E-state index in [4.69, 9.17) is 16.3 Å². The van der Waals surface area contributed by atoms with Gasteiger partial charge in [0.05, 0.1) is 25.5 Å². The minimum Gasteiger partial charge on any atom is -0.391 e. The molecule has 0 amide bonds. The Kier molecular flexibility index (Phi) is 5.15. The van der Waals surface area contributed by atoms with Crippen LogP contribution in [0.4, 0.5) is 5.69 Å². The largest absolute Gasteiger partial charge is 0.391 e. The maximum Gasteiger partial charge on any atom is 0.131 e. The Labute approximate surface area is 140 Å². The van der Waals surface area contributed by atoms with E-state index in [0.717, 1.165) is 36.2 Å². The average molecular weight is 337 g/mol. The van der Waals surface area contributed by atoms with Crippen molar-refractivity contribution in [2.24, 2.45) is 0 Å². The van der Waals surface area contributed by atoms with Gasteiger partial charge >= 0.3 is 0 Å². The molecule has 1 N–H and O–H groups in total. The molecule has 0 aliphatic carbocycles. The van der Waals surface area contributed by atoms with Gasteiger partial charge in [0.15, 0.2) is 0 Å². The number of hydrogen-bond donors (Lipinski definition) is 1. The first kappa shape index (κ1) is 16.2. The zero-order valence-corrected chi connectivity index (χ0v) is 13.9. The summed E-state index contributed by atoms with van der Waals surface area (Å²) in [6.07, 6.45) is 7.09. The van der Waals surface area contributed by atoms with Gasteiger partial charge in [0.2, 0.25) is 0 Å². The highest BCUT2D eigenvalue weighted by Crippen LogP contribution is 2.33. The third-order valence-electron chi connectivity index (χ3n) is 4.05. The Bertz CT molecular complexity index is 661. The highest BCUT2D eigenvalue weighted by Gasteiger charge is 2.21. The van der Waals surface area contributed by atoms with Crippen molar-refractivity contribution in [1.29, 1.82) is 0 Å². The van der Waals surface area contributed by atoms with Crippen molar-refractivity contribution in [1.82, 2.24) is 14.8 Å². The van der Waals surface area contributed by atoms with Crippen LogP contribution in [0, 0.1) is 0 Å². The Hall–Kier alpha value is -1.63. The summed E-state index contributed by atoms with van der Waals surface area (Å²) in [6, 6.07) is 1.86. The van der Waals surface area contributed by atoms with Crippen molar-refractivity contribution >= 4 is 17.3 Å². The van der Waals surface area contributed by atoms with Crippen LogP contribution in [0.1, 0.15) is 12.8 Å². The molecule has 6 nitrogen and oxygen atoms in total. The summed E-state index contributed by atoms with van der Waals surface area (Å²) < 4.78 is 6.93. The van der Waals surface area contributed by atoms with Gasteiger partial charge in [0.1, 0.15) is 5.15 Å². The molecule has 23 heavy (non-hydrogen) atoms. The lowest BCUT2D eigenvalue weighted by molar-refractivity contribution is 0.154. The van der Waals surface area contributed by atoms with Gasteiger partial charge in [-0.25, -0.2) is 4.98 Å². The summed E-state index contributed by atoms with van der Waals surface area (Å²) in [4.78, 5) is 6.39. The number of nitrogens with zero attached hydrogens (tertiary/aromatic N) is 4. The number of β-amino-alcohol motifs (C(OH)–C–C–N with tert-alkyl or cyclic N) is 1. The summed E-state index contributed by atoms with van der Waals surface area (Å²) in [6.45, 7) is 2.84. The van der Waals surface area contributed by atoms with Gasteiger partial charge in [-0.05, 0) is 18.9 Å². The van der Waals surface area contributed by atoms with Crippen molar-refractivity contribution < 1.29 is 9.84 Å². The molecule has 1 saturated heterocycles. The van der Waals surface area contributed by atoms with Crippen LogP contribution in [0.5, 0.6) is 0 Å². The van der Waals surface area contributed by atoms with Crippen LogP contribution in [0.15, 0.2) is 24.7 Å². The van der Waals surface area contributed by atoms with Crippen LogP contribution in [-0.2, 0) is 11.3 Å². The van der Waals surface area contributed by atoms with E-state index < -0.39 is 0 Å². The van der Waals surface area contributed by atoms with E-state index in [1.807, 2.05) is 23.1 Å². The number of anilines is 1. The molecule has 1 atom stereocenters. The van der Waals surface area contributed by atoms with Crippen LogP contribution in [0.25, 0.3) is 11.1 Å². The minimum atomic E-state index is -0.298. The SMILES string of the molecule is COCCn1cc(-c2cnc(Cl)cc2N2CCC[C@H](O)C2)cn1. The van der Waals surface area contributed by atoms with Crippen molar-refractivity contribution in [3.8, 4) is 11.1 Å². The number of ether oxygens (including phenoxy) is 1.